The molecular weight excluding hydrogens is 544 g/mol. The highest BCUT2D eigenvalue weighted by Gasteiger charge is 2.43. The first-order chi connectivity index (χ1) is 20.1. The van der Waals surface area contributed by atoms with E-state index in [1.807, 2.05) is 19.9 Å². The number of benzene rings is 1. The van der Waals surface area contributed by atoms with Crippen molar-refractivity contribution >= 4 is 11.4 Å². The minimum atomic E-state index is -1.92. The molecule has 11 heteroatoms. The Hall–Kier alpha value is -1.54. The fourth-order valence-corrected chi connectivity index (χ4v) is 5.11. The number of aliphatic hydroxyl groups is 2. The van der Waals surface area contributed by atoms with E-state index in [1.165, 1.54) is 0 Å². The summed E-state index contributed by atoms with van der Waals surface area (Å²) in [5.41, 5.74) is 9.59. The van der Waals surface area contributed by atoms with E-state index in [2.05, 4.69) is 38.7 Å². The Kier molecular flexibility index (Phi) is 16.6. The molecule has 0 saturated heterocycles. The lowest BCUT2D eigenvalue weighted by Crippen LogP contribution is -2.57. The van der Waals surface area contributed by atoms with Crippen molar-refractivity contribution in [2.45, 2.75) is 71.3 Å². The van der Waals surface area contributed by atoms with Gasteiger partial charge in [0.05, 0.1) is 72.7 Å². The fourth-order valence-electron chi connectivity index (χ4n) is 5.11. The minimum absolute atomic E-state index is 0.0123. The van der Waals surface area contributed by atoms with Gasteiger partial charge in [0.25, 0.3) is 5.97 Å². The summed E-state index contributed by atoms with van der Waals surface area (Å²) in [6, 6.07) is 4.04. The third kappa shape index (κ3) is 11.9. The van der Waals surface area contributed by atoms with Crippen molar-refractivity contribution in [2.75, 3.05) is 103 Å². The first-order valence-electron chi connectivity index (χ1n) is 15.3. The van der Waals surface area contributed by atoms with E-state index in [9.17, 15) is 10.2 Å². The van der Waals surface area contributed by atoms with Crippen LogP contribution < -0.4 is 10.6 Å². The number of nitrogens with zero attached hydrogens (tertiary/aromatic N) is 1. The number of hydrogen-bond donors (Lipinski definition) is 3. The van der Waals surface area contributed by atoms with E-state index in [0.29, 0.717) is 71.6 Å². The maximum Gasteiger partial charge on any atom is 0.299 e. The van der Waals surface area contributed by atoms with Gasteiger partial charge in [0, 0.05) is 36.0 Å². The van der Waals surface area contributed by atoms with Crippen molar-refractivity contribution in [3.8, 4) is 0 Å². The summed E-state index contributed by atoms with van der Waals surface area (Å²) >= 11 is 0. The number of hydrogen-bond acceptors (Lipinski definition) is 11. The molecule has 1 aliphatic heterocycles. The van der Waals surface area contributed by atoms with E-state index < -0.39 is 11.5 Å². The van der Waals surface area contributed by atoms with Crippen LogP contribution in [0.2, 0.25) is 0 Å². The summed E-state index contributed by atoms with van der Waals surface area (Å²) in [4.78, 5) is 2.10. The Morgan fingerprint density at radius 3 is 1.81 bits per heavy atom. The topological polar surface area (TPSA) is 134 Å². The van der Waals surface area contributed by atoms with Crippen molar-refractivity contribution in [3.05, 3.63) is 23.3 Å². The zero-order chi connectivity index (χ0) is 31.0. The Labute approximate surface area is 252 Å². The number of anilines is 2. The lowest BCUT2D eigenvalue weighted by atomic mass is 9.78. The van der Waals surface area contributed by atoms with Gasteiger partial charge in [-0.25, -0.2) is 0 Å². The summed E-state index contributed by atoms with van der Waals surface area (Å²) < 4.78 is 39.0. The molecule has 4 N–H and O–H groups in total. The molecule has 1 heterocycles. The van der Waals surface area contributed by atoms with E-state index in [0.717, 1.165) is 16.8 Å². The van der Waals surface area contributed by atoms with Crippen molar-refractivity contribution in [3.63, 3.8) is 0 Å². The Morgan fingerprint density at radius 1 is 0.857 bits per heavy atom. The van der Waals surface area contributed by atoms with Crippen LogP contribution in [0.3, 0.4) is 0 Å². The van der Waals surface area contributed by atoms with Gasteiger partial charge in [0.1, 0.15) is 6.54 Å². The largest absolute Gasteiger partial charge is 0.398 e. The zero-order valence-electron chi connectivity index (χ0n) is 26.7. The van der Waals surface area contributed by atoms with Crippen molar-refractivity contribution in [2.24, 2.45) is 0 Å². The number of β-amino-alcohol motifs (C(OH)–C–C–N with tert-alkyl or cyclic N) is 1. The Morgan fingerprint density at radius 2 is 1.33 bits per heavy atom. The smallest absolute Gasteiger partial charge is 0.299 e. The van der Waals surface area contributed by atoms with Gasteiger partial charge in [0.15, 0.2) is 0 Å². The average molecular weight is 601 g/mol. The highest BCUT2D eigenvalue weighted by Crippen LogP contribution is 2.46. The van der Waals surface area contributed by atoms with Gasteiger partial charge < -0.3 is 54.0 Å². The predicted molar refractivity (Wildman–Crippen MR) is 163 cm³/mol. The number of rotatable bonds is 23. The average Bonchev–Trinajstić information content (AvgIpc) is 2.95. The molecule has 2 atom stereocenters. The van der Waals surface area contributed by atoms with Crippen LogP contribution in [0.4, 0.5) is 11.4 Å². The van der Waals surface area contributed by atoms with Crippen LogP contribution in [0.15, 0.2) is 12.1 Å². The van der Waals surface area contributed by atoms with Crippen LogP contribution >= 0.6 is 0 Å². The standard InChI is InChI=1S/C31H56N2O9/c1-7-36-9-10-38-11-12-39-13-14-40-16-18-42-31(35,41-17-15-37-8-2)23-33-29-20-26(24(3)4)28(32)19-27(29)25(22-34)21-30(33,5)6/h19-20,24-25,34-35H,7-18,21-23,32H2,1-6H3. The molecule has 0 bridgehead atoms. The molecule has 1 aliphatic rings. The quantitative estimate of drug-likeness (QED) is 0.0971. The summed E-state index contributed by atoms with van der Waals surface area (Å²) in [5.74, 6) is -1.78. The van der Waals surface area contributed by atoms with Gasteiger partial charge in [0.2, 0.25) is 0 Å². The normalized spacial score (nSPS) is 17.9. The van der Waals surface area contributed by atoms with Crippen molar-refractivity contribution in [1.82, 2.24) is 0 Å². The lowest BCUT2D eigenvalue weighted by molar-refractivity contribution is -0.358. The fraction of sp³-hybridized carbons (Fsp3) is 0.806. The molecule has 1 aromatic carbocycles. The highest BCUT2D eigenvalue weighted by atomic mass is 16.8. The van der Waals surface area contributed by atoms with Crippen LogP contribution in [0.1, 0.15) is 70.9 Å². The van der Waals surface area contributed by atoms with Crippen LogP contribution in [0.5, 0.6) is 0 Å². The second-order valence-corrected chi connectivity index (χ2v) is 11.3. The third-order valence-electron chi connectivity index (χ3n) is 7.27. The monoisotopic (exact) mass is 600 g/mol. The van der Waals surface area contributed by atoms with E-state index in [4.69, 9.17) is 38.9 Å². The molecule has 0 spiro atoms. The third-order valence-corrected chi connectivity index (χ3v) is 7.27. The van der Waals surface area contributed by atoms with Gasteiger partial charge in [-0.2, -0.15) is 0 Å². The molecule has 0 fully saturated rings. The van der Waals surface area contributed by atoms with Gasteiger partial charge in [-0.1, -0.05) is 13.8 Å². The lowest BCUT2D eigenvalue weighted by Gasteiger charge is -2.50. The molecule has 244 valence electrons. The molecule has 0 saturated carbocycles. The van der Waals surface area contributed by atoms with Crippen LogP contribution in [-0.2, 0) is 33.2 Å². The Bertz CT molecular complexity index is 886. The number of ether oxygens (including phenoxy) is 7. The molecule has 0 aromatic heterocycles. The molecule has 0 radical (unpaired) electrons. The molecular formula is C31H56N2O9. The Balaban J connectivity index is 2.01. The van der Waals surface area contributed by atoms with Gasteiger partial charge >= 0.3 is 0 Å². The molecule has 2 unspecified atom stereocenters. The van der Waals surface area contributed by atoms with Crippen LogP contribution in [-0.4, -0.2) is 114 Å². The molecule has 0 amide bonds. The number of aliphatic hydroxyl groups excluding tert-OH is 1. The molecule has 1 aromatic rings. The van der Waals surface area contributed by atoms with Crippen LogP contribution in [0.25, 0.3) is 0 Å². The molecule has 2 rings (SSSR count). The number of nitrogens with two attached hydrogens (primary N) is 1. The predicted octanol–water partition coefficient (Wildman–Crippen LogP) is 3.26. The second-order valence-electron chi connectivity index (χ2n) is 11.3. The van der Waals surface area contributed by atoms with Crippen molar-refractivity contribution in [1.29, 1.82) is 0 Å². The molecule has 0 aliphatic carbocycles. The van der Waals surface area contributed by atoms with E-state index >= 15 is 0 Å². The summed E-state index contributed by atoms with van der Waals surface area (Å²) in [7, 11) is 0. The number of fused-ring (bicyclic) bond motifs is 1. The van der Waals surface area contributed by atoms with E-state index in [-0.39, 0.29) is 44.8 Å². The first-order valence-corrected chi connectivity index (χ1v) is 15.3. The maximum atomic E-state index is 11.6. The van der Waals surface area contributed by atoms with Gasteiger partial charge in [-0.3, -0.25) is 0 Å². The molecule has 11 nitrogen and oxygen atoms in total. The summed E-state index contributed by atoms with van der Waals surface area (Å²) in [5, 5.41) is 21.8. The van der Waals surface area contributed by atoms with Gasteiger partial charge in [-0.15, -0.1) is 0 Å². The van der Waals surface area contributed by atoms with E-state index in [1.54, 1.807) is 0 Å². The second kappa shape index (κ2) is 19.0. The summed E-state index contributed by atoms with van der Waals surface area (Å²) in [6.07, 6.45) is 0.673. The summed E-state index contributed by atoms with van der Waals surface area (Å²) in [6.45, 7) is 17.3. The number of nitrogen functional groups attached to an aromatic ring is 1. The SMILES string of the molecule is CCOCCOCCOCCOCCOC(O)(CN1c2cc(C(C)C)c(N)cc2C(CO)CC1(C)C)OCCOCC. The van der Waals surface area contributed by atoms with Crippen molar-refractivity contribution < 1.29 is 43.4 Å². The van der Waals surface area contributed by atoms with Crippen LogP contribution in [0, 0.1) is 0 Å². The highest BCUT2D eigenvalue weighted by molar-refractivity contribution is 5.68. The minimum Gasteiger partial charge on any atom is -0.398 e. The maximum absolute atomic E-state index is 11.6. The first kappa shape index (κ1) is 36.7. The molecule has 42 heavy (non-hydrogen) atoms. The van der Waals surface area contributed by atoms with Gasteiger partial charge in [-0.05, 0) is 63.3 Å². The zero-order valence-corrected chi connectivity index (χ0v) is 26.7.